The number of rotatable bonds is 4. The molecule has 4 nitrogen and oxygen atoms in total. The van der Waals surface area contributed by atoms with Crippen LogP contribution in [0.25, 0.3) is 0 Å². The fraction of sp³-hybridized carbons (Fsp3) is 0.235. The molecular weight excluding hydrogens is 266 g/mol. The van der Waals surface area contributed by atoms with E-state index in [1.165, 1.54) is 7.11 Å². The molecule has 0 aliphatic carbocycles. The summed E-state index contributed by atoms with van der Waals surface area (Å²) in [6.45, 7) is 3.74. The molecule has 0 saturated carbocycles. The molecular formula is C17H19NO3. The first-order valence-corrected chi connectivity index (χ1v) is 6.68. The number of methoxy groups -OCH3 is 1. The van der Waals surface area contributed by atoms with Gasteiger partial charge in [-0.1, -0.05) is 24.3 Å². The number of phenolic OH excluding ortho intramolecular Hbond substituents is 1. The van der Waals surface area contributed by atoms with Gasteiger partial charge in [0.15, 0.2) is 5.54 Å². The van der Waals surface area contributed by atoms with E-state index in [0.717, 1.165) is 11.3 Å². The maximum Gasteiger partial charge on any atom is 0.335 e. The monoisotopic (exact) mass is 285 g/mol. The highest BCUT2D eigenvalue weighted by Gasteiger charge is 2.36. The second-order valence-corrected chi connectivity index (χ2v) is 5.16. The molecule has 0 aliphatic rings. The molecule has 0 saturated heterocycles. The summed E-state index contributed by atoms with van der Waals surface area (Å²) >= 11 is 0. The molecule has 0 bridgehead atoms. The second kappa shape index (κ2) is 5.87. The minimum Gasteiger partial charge on any atom is -0.508 e. The van der Waals surface area contributed by atoms with Gasteiger partial charge < -0.3 is 15.2 Å². The molecule has 1 atom stereocenters. The van der Waals surface area contributed by atoms with Crippen molar-refractivity contribution in [1.82, 2.24) is 0 Å². The van der Waals surface area contributed by atoms with Gasteiger partial charge in [0.1, 0.15) is 5.75 Å². The third kappa shape index (κ3) is 3.16. The number of hydrogen-bond donors (Lipinski definition) is 2. The fourth-order valence-electron chi connectivity index (χ4n) is 2.25. The van der Waals surface area contributed by atoms with Gasteiger partial charge in [-0.2, -0.15) is 0 Å². The molecule has 2 N–H and O–H groups in total. The third-order valence-corrected chi connectivity index (χ3v) is 3.45. The number of hydrogen-bond acceptors (Lipinski definition) is 4. The van der Waals surface area contributed by atoms with Crippen molar-refractivity contribution in [2.75, 3.05) is 12.4 Å². The fourth-order valence-corrected chi connectivity index (χ4v) is 2.25. The second-order valence-electron chi connectivity index (χ2n) is 5.16. The van der Waals surface area contributed by atoms with Crippen molar-refractivity contribution < 1.29 is 14.6 Å². The van der Waals surface area contributed by atoms with Crippen LogP contribution >= 0.6 is 0 Å². The number of aryl methyl sites for hydroxylation is 1. The van der Waals surface area contributed by atoms with E-state index in [4.69, 9.17) is 4.74 Å². The Morgan fingerprint density at radius 1 is 1.19 bits per heavy atom. The Labute approximate surface area is 124 Å². The lowest BCUT2D eigenvalue weighted by Crippen LogP contribution is -2.41. The zero-order valence-corrected chi connectivity index (χ0v) is 12.4. The molecule has 0 spiro atoms. The number of carbonyl (C=O) groups is 1. The highest BCUT2D eigenvalue weighted by molar-refractivity contribution is 5.85. The predicted octanol–water partition coefficient (Wildman–Crippen LogP) is 3.20. The van der Waals surface area contributed by atoms with Crippen LogP contribution in [0.3, 0.4) is 0 Å². The Hall–Kier alpha value is -2.49. The Balaban J connectivity index is 2.42. The van der Waals surface area contributed by atoms with Gasteiger partial charge in [-0.3, -0.25) is 0 Å². The van der Waals surface area contributed by atoms with Crippen LogP contribution < -0.4 is 5.32 Å². The van der Waals surface area contributed by atoms with Crippen molar-refractivity contribution in [3.63, 3.8) is 0 Å². The summed E-state index contributed by atoms with van der Waals surface area (Å²) in [5, 5.41) is 12.6. The number of esters is 1. The molecule has 1 unspecified atom stereocenters. The molecule has 0 aromatic heterocycles. The minimum atomic E-state index is -1.03. The van der Waals surface area contributed by atoms with Crippen molar-refractivity contribution in [2.24, 2.45) is 0 Å². The Bertz CT molecular complexity index is 637. The first kappa shape index (κ1) is 14.9. The smallest absolute Gasteiger partial charge is 0.335 e. The average Bonchev–Trinajstić information content (AvgIpc) is 2.46. The van der Waals surface area contributed by atoms with E-state index in [0.29, 0.717) is 5.56 Å². The first-order valence-electron chi connectivity index (χ1n) is 6.68. The van der Waals surface area contributed by atoms with E-state index in [9.17, 15) is 9.90 Å². The summed E-state index contributed by atoms with van der Waals surface area (Å²) in [5.41, 5.74) is 1.61. The maximum atomic E-state index is 12.3. The van der Waals surface area contributed by atoms with Crippen molar-refractivity contribution in [3.8, 4) is 5.75 Å². The van der Waals surface area contributed by atoms with Crippen LogP contribution in [0.15, 0.2) is 48.5 Å². The van der Waals surface area contributed by atoms with E-state index >= 15 is 0 Å². The van der Waals surface area contributed by atoms with Crippen LogP contribution in [-0.4, -0.2) is 18.2 Å². The van der Waals surface area contributed by atoms with Crippen molar-refractivity contribution in [3.05, 3.63) is 59.7 Å². The highest BCUT2D eigenvalue weighted by atomic mass is 16.5. The SMILES string of the molecule is COC(=O)C(C)(Nc1cccc(C)c1)c1ccc(O)cc1. The normalized spacial score (nSPS) is 13.3. The molecule has 0 aliphatic heterocycles. The van der Waals surface area contributed by atoms with E-state index in [-0.39, 0.29) is 5.75 Å². The number of carbonyl (C=O) groups excluding carboxylic acids is 1. The molecule has 2 aromatic rings. The van der Waals surface area contributed by atoms with Crippen LogP contribution in [0, 0.1) is 6.92 Å². The molecule has 0 amide bonds. The summed E-state index contributed by atoms with van der Waals surface area (Å²) in [6, 6.07) is 14.3. The number of ether oxygens (including phenoxy) is 1. The zero-order chi connectivity index (χ0) is 15.5. The van der Waals surface area contributed by atoms with Gasteiger partial charge in [0, 0.05) is 5.69 Å². The molecule has 4 heteroatoms. The van der Waals surface area contributed by atoms with Crippen LogP contribution in [-0.2, 0) is 15.1 Å². The van der Waals surface area contributed by atoms with Gasteiger partial charge in [0.2, 0.25) is 0 Å². The number of benzene rings is 2. The Morgan fingerprint density at radius 2 is 1.86 bits per heavy atom. The van der Waals surface area contributed by atoms with Gasteiger partial charge in [0.25, 0.3) is 0 Å². The summed E-state index contributed by atoms with van der Waals surface area (Å²) in [4.78, 5) is 12.3. The summed E-state index contributed by atoms with van der Waals surface area (Å²) in [6.07, 6.45) is 0. The van der Waals surface area contributed by atoms with Gasteiger partial charge in [0.05, 0.1) is 7.11 Å². The zero-order valence-electron chi connectivity index (χ0n) is 12.4. The molecule has 21 heavy (non-hydrogen) atoms. The van der Waals surface area contributed by atoms with E-state index in [1.807, 2.05) is 31.2 Å². The quantitative estimate of drug-likeness (QED) is 0.847. The molecule has 2 rings (SSSR count). The Kier molecular flexibility index (Phi) is 4.17. The lowest BCUT2D eigenvalue weighted by Gasteiger charge is -2.29. The standard InChI is InChI=1S/C17H19NO3/c1-12-5-4-6-14(11-12)18-17(2,16(20)21-3)13-7-9-15(19)10-8-13/h4-11,18-19H,1-3H3. The maximum absolute atomic E-state index is 12.3. The van der Waals surface area contributed by atoms with Gasteiger partial charge >= 0.3 is 5.97 Å². The van der Waals surface area contributed by atoms with E-state index in [1.54, 1.807) is 31.2 Å². The van der Waals surface area contributed by atoms with E-state index < -0.39 is 11.5 Å². The van der Waals surface area contributed by atoms with Crippen LogP contribution in [0.2, 0.25) is 0 Å². The first-order chi connectivity index (χ1) is 9.95. The van der Waals surface area contributed by atoms with E-state index in [2.05, 4.69) is 5.32 Å². The number of aromatic hydroxyl groups is 1. The molecule has 0 heterocycles. The van der Waals surface area contributed by atoms with Crippen LogP contribution in [0.1, 0.15) is 18.1 Å². The summed E-state index contributed by atoms with van der Waals surface area (Å²) in [5.74, 6) is -0.240. The summed E-state index contributed by atoms with van der Waals surface area (Å²) in [7, 11) is 1.36. The highest BCUT2D eigenvalue weighted by Crippen LogP contribution is 2.29. The van der Waals surface area contributed by atoms with Crippen LogP contribution in [0.4, 0.5) is 5.69 Å². The Morgan fingerprint density at radius 3 is 2.43 bits per heavy atom. The lowest BCUT2D eigenvalue weighted by molar-refractivity contribution is -0.145. The third-order valence-electron chi connectivity index (χ3n) is 3.45. The average molecular weight is 285 g/mol. The number of nitrogens with one attached hydrogen (secondary N) is 1. The number of phenols is 1. The summed E-state index contributed by atoms with van der Waals surface area (Å²) < 4.78 is 4.94. The lowest BCUT2D eigenvalue weighted by atomic mass is 9.91. The predicted molar refractivity (Wildman–Crippen MR) is 82.3 cm³/mol. The molecule has 110 valence electrons. The van der Waals surface area contributed by atoms with Crippen molar-refractivity contribution in [1.29, 1.82) is 0 Å². The largest absolute Gasteiger partial charge is 0.508 e. The van der Waals surface area contributed by atoms with Crippen LogP contribution in [0.5, 0.6) is 5.75 Å². The molecule has 2 aromatic carbocycles. The minimum absolute atomic E-state index is 0.154. The molecule has 0 radical (unpaired) electrons. The van der Waals surface area contributed by atoms with Gasteiger partial charge in [-0.25, -0.2) is 4.79 Å². The molecule has 0 fully saturated rings. The van der Waals surface area contributed by atoms with Crippen molar-refractivity contribution >= 4 is 11.7 Å². The number of anilines is 1. The topological polar surface area (TPSA) is 58.6 Å². The van der Waals surface area contributed by atoms with Crippen molar-refractivity contribution in [2.45, 2.75) is 19.4 Å². The van der Waals surface area contributed by atoms with Gasteiger partial charge in [-0.05, 0) is 49.2 Å². The van der Waals surface area contributed by atoms with Gasteiger partial charge in [-0.15, -0.1) is 0 Å².